The Balaban J connectivity index is 1.28. The van der Waals surface area contributed by atoms with Crippen molar-refractivity contribution in [3.63, 3.8) is 0 Å². The molecule has 0 saturated carbocycles. The second-order valence-corrected chi connectivity index (χ2v) is 8.84. The molecule has 1 heterocycles. The summed E-state index contributed by atoms with van der Waals surface area (Å²) < 4.78 is 11.6. The minimum absolute atomic E-state index is 0.117. The summed E-state index contributed by atoms with van der Waals surface area (Å²) in [5, 5.41) is 5.91. The zero-order valence-electron chi connectivity index (χ0n) is 19.4. The molecule has 0 radical (unpaired) electrons. The fourth-order valence-electron chi connectivity index (χ4n) is 3.59. The lowest BCUT2D eigenvalue weighted by Gasteiger charge is -2.15. The van der Waals surface area contributed by atoms with Gasteiger partial charge in [-0.05, 0) is 72.1 Å². The lowest BCUT2D eigenvalue weighted by atomic mass is 10.0. The molecule has 34 heavy (non-hydrogen) atoms. The zero-order chi connectivity index (χ0) is 24.1. The number of para-hydroxylation sites is 2. The smallest absolute Gasteiger partial charge is 0.264 e. The van der Waals surface area contributed by atoms with Crippen LogP contribution in [-0.2, 0) is 11.2 Å². The van der Waals surface area contributed by atoms with Gasteiger partial charge in [0.15, 0.2) is 23.2 Å². The van der Waals surface area contributed by atoms with Crippen molar-refractivity contribution in [2.24, 2.45) is 0 Å². The highest BCUT2D eigenvalue weighted by Crippen LogP contribution is 2.27. The number of amides is 1. The Morgan fingerprint density at radius 2 is 1.85 bits per heavy atom. The molecule has 4 aromatic rings. The van der Waals surface area contributed by atoms with Gasteiger partial charge in [0.2, 0.25) is 0 Å². The SMILES string of the molecule is Cc1ccc(C(C)C)c(OCC(=O)NC(=S)Nc2ccc(Cc3nc4ccccc4o3)cc2)c1. The Hall–Kier alpha value is -3.71. The number of aryl methyl sites for hydroxylation is 1. The molecule has 0 aliphatic carbocycles. The van der Waals surface area contributed by atoms with Crippen molar-refractivity contribution in [2.45, 2.75) is 33.1 Å². The standard InChI is InChI=1S/C27H27N3O3S/c1-17(2)21-13-8-18(3)14-24(21)32-16-25(31)30-27(34)28-20-11-9-19(10-12-20)15-26-29-22-6-4-5-7-23(22)33-26/h4-14,17H,15-16H2,1-3H3,(H2,28,30,31,34). The number of fused-ring (bicyclic) bond motifs is 1. The van der Waals surface area contributed by atoms with Gasteiger partial charge in [-0.1, -0.05) is 50.2 Å². The number of nitrogens with one attached hydrogen (secondary N) is 2. The van der Waals surface area contributed by atoms with Crippen molar-refractivity contribution in [3.05, 3.63) is 89.3 Å². The molecule has 7 heteroatoms. The molecule has 3 aromatic carbocycles. The number of aromatic nitrogens is 1. The lowest BCUT2D eigenvalue weighted by molar-refractivity contribution is -0.121. The van der Waals surface area contributed by atoms with Crippen molar-refractivity contribution < 1.29 is 13.9 Å². The Morgan fingerprint density at radius 1 is 1.09 bits per heavy atom. The lowest BCUT2D eigenvalue weighted by Crippen LogP contribution is -2.37. The summed E-state index contributed by atoms with van der Waals surface area (Å²) in [6, 6.07) is 21.5. The van der Waals surface area contributed by atoms with Gasteiger partial charge in [0, 0.05) is 12.1 Å². The summed E-state index contributed by atoms with van der Waals surface area (Å²) in [5.41, 5.74) is 5.61. The molecule has 1 aromatic heterocycles. The third-order valence-corrected chi connectivity index (χ3v) is 5.51. The average Bonchev–Trinajstić information content (AvgIpc) is 3.21. The molecule has 0 saturated heterocycles. The number of anilines is 1. The Kier molecular flexibility index (Phi) is 7.23. The monoisotopic (exact) mass is 473 g/mol. The first-order valence-electron chi connectivity index (χ1n) is 11.1. The molecule has 0 fully saturated rings. The fraction of sp³-hybridized carbons (Fsp3) is 0.222. The van der Waals surface area contributed by atoms with E-state index in [9.17, 15) is 4.79 Å². The molecule has 0 aliphatic rings. The van der Waals surface area contributed by atoms with E-state index in [2.05, 4.69) is 29.5 Å². The van der Waals surface area contributed by atoms with Gasteiger partial charge in [0.25, 0.3) is 5.91 Å². The normalized spacial score (nSPS) is 10.9. The fourth-order valence-corrected chi connectivity index (χ4v) is 3.82. The third kappa shape index (κ3) is 5.99. The molecule has 4 rings (SSSR count). The number of rotatable bonds is 7. The van der Waals surface area contributed by atoms with E-state index in [4.69, 9.17) is 21.4 Å². The first-order chi connectivity index (χ1) is 16.4. The maximum atomic E-state index is 12.3. The van der Waals surface area contributed by atoms with Crippen LogP contribution in [0.2, 0.25) is 0 Å². The van der Waals surface area contributed by atoms with Crippen molar-refractivity contribution in [3.8, 4) is 5.75 Å². The number of hydrogen-bond acceptors (Lipinski definition) is 5. The Labute approximate surface area is 204 Å². The molecule has 0 unspecified atom stereocenters. The van der Waals surface area contributed by atoms with Gasteiger partial charge >= 0.3 is 0 Å². The van der Waals surface area contributed by atoms with Gasteiger partial charge in [-0.25, -0.2) is 4.98 Å². The van der Waals surface area contributed by atoms with Gasteiger partial charge in [0.05, 0.1) is 0 Å². The number of benzene rings is 3. The quantitative estimate of drug-likeness (QED) is 0.333. The first-order valence-corrected chi connectivity index (χ1v) is 11.6. The van der Waals surface area contributed by atoms with Crippen LogP contribution in [0.15, 0.2) is 71.1 Å². The van der Waals surface area contributed by atoms with Crippen LogP contribution in [0.4, 0.5) is 5.69 Å². The summed E-state index contributed by atoms with van der Waals surface area (Å²) in [6.45, 7) is 6.06. The van der Waals surface area contributed by atoms with E-state index in [-0.39, 0.29) is 17.6 Å². The zero-order valence-corrected chi connectivity index (χ0v) is 20.2. The van der Waals surface area contributed by atoms with E-state index in [0.717, 1.165) is 39.2 Å². The van der Waals surface area contributed by atoms with Crippen LogP contribution in [0.25, 0.3) is 11.1 Å². The summed E-state index contributed by atoms with van der Waals surface area (Å²) in [4.78, 5) is 16.8. The topological polar surface area (TPSA) is 76.4 Å². The molecule has 2 N–H and O–H groups in total. The predicted molar refractivity (Wildman–Crippen MR) is 138 cm³/mol. The molecular weight excluding hydrogens is 446 g/mol. The van der Waals surface area contributed by atoms with E-state index in [0.29, 0.717) is 18.2 Å². The second-order valence-electron chi connectivity index (χ2n) is 8.44. The minimum Gasteiger partial charge on any atom is -0.483 e. The number of carbonyl (C=O) groups is 1. The number of thiocarbonyl (C=S) groups is 1. The highest BCUT2D eigenvalue weighted by molar-refractivity contribution is 7.80. The van der Waals surface area contributed by atoms with Crippen LogP contribution in [0.5, 0.6) is 5.75 Å². The number of oxazole rings is 1. The maximum absolute atomic E-state index is 12.3. The van der Waals surface area contributed by atoms with Gasteiger partial charge < -0.3 is 14.5 Å². The predicted octanol–water partition coefficient (Wildman–Crippen LogP) is 5.74. The molecule has 0 aliphatic heterocycles. The summed E-state index contributed by atoms with van der Waals surface area (Å²) in [5.74, 6) is 1.37. The Bertz CT molecular complexity index is 1280. The van der Waals surface area contributed by atoms with E-state index in [1.807, 2.05) is 73.7 Å². The first kappa shape index (κ1) is 23.4. The van der Waals surface area contributed by atoms with Gasteiger partial charge in [0.1, 0.15) is 11.3 Å². The van der Waals surface area contributed by atoms with Crippen LogP contribution in [0.1, 0.15) is 42.3 Å². The van der Waals surface area contributed by atoms with Crippen molar-refractivity contribution >= 4 is 40.0 Å². The number of nitrogens with zero attached hydrogens (tertiary/aromatic N) is 1. The number of carbonyl (C=O) groups excluding carboxylic acids is 1. The van der Waals surface area contributed by atoms with E-state index in [1.54, 1.807) is 0 Å². The van der Waals surface area contributed by atoms with Gasteiger partial charge in [-0.2, -0.15) is 0 Å². The summed E-state index contributed by atoms with van der Waals surface area (Å²) in [6.07, 6.45) is 0.588. The van der Waals surface area contributed by atoms with Crippen LogP contribution < -0.4 is 15.4 Å². The highest BCUT2D eigenvalue weighted by atomic mass is 32.1. The average molecular weight is 474 g/mol. The molecule has 1 amide bonds. The molecule has 0 spiro atoms. The molecular formula is C27H27N3O3S. The molecule has 6 nitrogen and oxygen atoms in total. The number of hydrogen-bond donors (Lipinski definition) is 2. The third-order valence-electron chi connectivity index (χ3n) is 5.31. The van der Waals surface area contributed by atoms with E-state index >= 15 is 0 Å². The van der Waals surface area contributed by atoms with Gasteiger partial charge in [-0.15, -0.1) is 0 Å². The Morgan fingerprint density at radius 3 is 2.59 bits per heavy atom. The van der Waals surface area contributed by atoms with Crippen LogP contribution in [0, 0.1) is 6.92 Å². The van der Waals surface area contributed by atoms with Crippen molar-refractivity contribution in [1.29, 1.82) is 0 Å². The van der Waals surface area contributed by atoms with Gasteiger partial charge in [-0.3, -0.25) is 10.1 Å². The van der Waals surface area contributed by atoms with E-state index in [1.165, 1.54) is 0 Å². The molecule has 0 bridgehead atoms. The highest BCUT2D eigenvalue weighted by Gasteiger charge is 2.12. The second kappa shape index (κ2) is 10.5. The molecule has 0 atom stereocenters. The number of ether oxygens (including phenoxy) is 1. The van der Waals surface area contributed by atoms with Crippen molar-refractivity contribution in [2.75, 3.05) is 11.9 Å². The van der Waals surface area contributed by atoms with Crippen LogP contribution in [-0.4, -0.2) is 22.6 Å². The summed E-state index contributed by atoms with van der Waals surface area (Å²) >= 11 is 5.28. The largest absolute Gasteiger partial charge is 0.483 e. The van der Waals surface area contributed by atoms with Crippen LogP contribution in [0.3, 0.4) is 0 Å². The van der Waals surface area contributed by atoms with E-state index < -0.39 is 0 Å². The van der Waals surface area contributed by atoms with Crippen LogP contribution >= 0.6 is 12.2 Å². The molecule has 174 valence electrons. The van der Waals surface area contributed by atoms with Crippen molar-refractivity contribution in [1.82, 2.24) is 10.3 Å². The summed E-state index contributed by atoms with van der Waals surface area (Å²) in [7, 11) is 0. The minimum atomic E-state index is -0.318. The maximum Gasteiger partial charge on any atom is 0.264 e.